The summed E-state index contributed by atoms with van der Waals surface area (Å²) < 4.78 is 1.05. The van der Waals surface area contributed by atoms with Gasteiger partial charge in [-0.05, 0) is 29.9 Å². The van der Waals surface area contributed by atoms with Gasteiger partial charge in [0, 0.05) is 12.5 Å². The van der Waals surface area contributed by atoms with Gasteiger partial charge in [0.25, 0.3) is 5.56 Å². The highest BCUT2D eigenvalue weighted by Gasteiger charge is 2.61. The minimum absolute atomic E-state index is 0.00912. The number of Topliss-reactive ketones (excluding diaryl/α,β-unsaturated/α-hetero) is 1. The highest BCUT2D eigenvalue weighted by atomic mass is 35.5. The topological polar surface area (TPSA) is 83.1 Å². The molecule has 0 saturated heterocycles. The van der Waals surface area contributed by atoms with Gasteiger partial charge in [0.05, 0.1) is 5.56 Å². The van der Waals surface area contributed by atoms with Gasteiger partial charge in [0.15, 0.2) is 5.78 Å². The molecule has 0 spiro atoms. The van der Waals surface area contributed by atoms with Crippen molar-refractivity contribution in [3.05, 3.63) is 50.3 Å². The van der Waals surface area contributed by atoms with Crippen LogP contribution in [0.1, 0.15) is 35.3 Å². The fourth-order valence-corrected chi connectivity index (χ4v) is 3.60. The lowest BCUT2D eigenvalue weighted by molar-refractivity contribution is 0.0946. The summed E-state index contributed by atoms with van der Waals surface area (Å²) in [6.45, 7) is 8.79. The molecule has 1 N–H and O–H groups in total. The van der Waals surface area contributed by atoms with Crippen molar-refractivity contribution in [2.24, 2.45) is 17.3 Å². The van der Waals surface area contributed by atoms with Crippen LogP contribution >= 0.6 is 23.2 Å². The van der Waals surface area contributed by atoms with E-state index in [-0.39, 0.29) is 39.4 Å². The maximum Gasteiger partial charge on any atom is 0.271 e. The van der Waals surface area contributed by atoms with Gasteiger partial charge in [-0.25, -0.2) is 0 Å². The minimum atomic E-state index is -0.649. The number of hydrogen-bond donors (Lipinski definition) is 1. The summed E-state index contributed by atoms with van der Waals surface area (Å²) in [6, 6.07) is 1.82. The van der Waals surface area contributed by atoms with Gasteiger partial charge in [0.1, 0.15) is 16.1 Å². The number of ketones is 1. The molecule has 25 heavy (non-hydrogen) atoms. The number of carbonyl (C=O) groups excluding carboxylic acids is 1. The van der Waals surface area contributed by atoms with Gasteiger partial charge < -0.3 is 5.11 Å². The Hall–Kier alpha value is -2.03. The fourth-order valence-electron chi connectivity index (χ4n) is 3.33. The first-order valence-corrected chi connectivity index (χ1v) is 8.39. The Kier molecular flexibility index (Phi) is 5.17. The molecular weight excluding hydrogens is 363 g/mol. The Balaban J connectivity index is 2.64. The van der Waals surface area contributed by atoms with Crippen LogP contribution in [0, 0.1) is 35.5 Å². The van der Waals surface area contributed by atoms with Gasteiger partial charge in [-0.15, -0.1) is 6.58 Å². The summed E-state index contributed by atoms with van der Waals surface area (Å²) in [7, 11) is 0. The molecule has 1 aliphatic carbocycles. The number of rotatable bonds is 5. The van der Waals surface area contributed by atoms with Crippen molar-refractivity contribution < 1.29 is 9.90 Å². The number of aromatic hydroxyl groups is 1. The van der Waals surface area contributed by atoms with Crippen LogP contribution in [-0.4, -0.2) is 15.5 Å². The van der Waals surface area contributed by atoms with Crippen molar-refractivity contribution >= 4 is 29.0 Å². The lowest BCUT2D eigenvalue weighted by Crippen LogP contribution is -2.26. The molecule has 1 saturated carbocycles. The number of pyridine rings is 1. The Bertz CT molecular complexity index is 887. The number of halogens is 2. The molecule has 132 valence electrons. The number of hydrogen-bond acceptors (Lipinski definition) is 4. The predicted molar refractivity (Wildman–Crippen MR) is 96.9 cm³/mol. The van der Waals surface area contributed by atoms with Gasteiger partial charge >= 0.3 is 0 Å². The first-order chi connectivity index (χ1) is 11.6. The van der Waals surface area contributed by atoms with Crippen LogP contribution in [0.15, 0.2) is 28.0 Å². The molecule has 5 nitrogen and oxygen atoms in total. The van der Waals surface area contributed by atoms with Crippen molar-refractivity contribution in [1.82, 2.24) is 4.57 Å². The molecular formula is C18H18Cl2N2O3. The molecule has 0 aromatic carbocycles. The third kappa shape index (κ3) is 3.12. The highest BCUT2D eigenvalue weighted by Crippen LogP contribution is 2.61. The molecule has 0 aliphatic heterocycles. The van der Waals surface area contributed by atoms with Crippen LogP contribution in [0.25, 0.3) is 0 Å². The molecule has 0 bridgehead atoms. The largest absolute Gasteiger partial charge is 0.494 e. The molecule has 1 aromatic heterocycles. The zero-order valence-corrected chi connectivity index (χ0v) is 15.6. The smallest absolute Gasteiger partial charge is 0.271 e. The zero-order chi connectivity index (χ0) is 19.1. The zero-order valence-electron chi connectivity index (χ0n) is 14.1. The van der Waals surface area contributed by atoms with Gasteiger partial charge in [-0.2, -0.15) is 5.26 Å². The van der Waals surface area contributed by atoms with E-state index in [0.29, 0.717) is 0 Å². The summed E-state index contributed by atoms with van der Waals surface area (Å²) in [4.78, 5) is 25.4. The van der Waals surface area contributed by atoms with E-state index in [0.717, 1.165) is 4.57 Å². The fraction of sp³-hybridized carbons (Fsp3) is 0.389. The lowest BCUT2D eigenvalue weighted by Gasteiger charge is -2.14. The van der Waals surface area contributed by atoms with E-state index in [4.69, 9.17) is 23.2 Å². The van der Waals surface area contributed by atoms with Crippen LogP contribution in [0.4, 0.5) is 0 Å². The second-order valence-corrected chi connectivity index (χ2v) is 7.67. The van der Waals surface area contributed by atoms with E-state index in [1.165, 1.54) is 13.0 Å². The van der Waals surface area contributed by atoms with Crippen molar-refractivity contribution in [2.45, 2.75) is 27.3 Å². The Morgan fingerprint density at radius 1 is 1.48 bits per heavy atom. The standard InChI is InChI=1S/C18H18Cl2N2O3/c1-5-6-22-16(24)10(8-21)9(2)13(17(22)25)15(23)14-11(7-12(19)20)18(14,3)4/h5,7,11,14,25H,1,6H2,2-4H3. The molecule has 0 radical (unpaired) electrons. The average molecular weight is 381 g/mol. The lowest BCUT2D eigenvalue weighted by atomic mass is 9.96. The molecule has 0 amide bonds. The Morgan fingerprint density at radius 2 is 2.08 bits per heavy atom. The van der Waals surface area contributed by atoms with Crippen molar-refractivity contribution in [1.29, 1.82) is 5.26 Å². The van der Waals surface area contributed by atoms with Crippen LogP contribution in [-0.2, 0) is 6.54 Å². The molecule has 2 rings (SSSR count). The number of aromatic nitrogens is 1. The number of carbonyl (C=O) groups is 1. The molecule has 2 unspecified atom stereocenters. The first kappa shape index (κ1) is 19.3. The van der Waals surface area contributed by atoms with E-state index < -0.39 is 22.8 Å². The number of nitrogens with zero attached hydrogens (tertiary/aromatic N) is 2. The van der Waals surface area contributed by atoms with E-state index in [9.17, 15) is 20.0 Å². The summed E-state index contributed by atoms with van der Waals surface area (Å²) in [5.74, 6) is -1.43. The summed E-state index contributed by atoms with van der Waals surface area (Å²) >= 11 is 11.4. The Labute approximate surface area is 155 Å². The third-order valence-electron chi connectivity index (χ3n) is 4.86. The maximum atomic E-state index is 13.1. The maximum absolute atomic E-state index is 13.1. The molecule has 1 aliphatic rings. The quantitative estimate of drug-likeness (QED) is 0.623. The summed E-state index contributed by atoms with van der Waals surface area (Å²) in [6.07, 6.45) is 3.01. The molecule has 1 heterocycles. The summed E-state index contributed by atoms with van der Waals surface area (Å²) in [5.41, 5.74) is -1.04. The SMILES string of the molecule is C=CCn1c(O)c(C(=O)C2C(C=C(Cl)Cl)C2(C)C)c(C)c(C#N)c1=O. The summed E-state index contributed by atoms with van der Waals surface area (Å²) in [5, 5.41) is 19.8. The van der Waals surface area contributed by atoms with Gasteiger partial charge in [0.2, 0.25) is 5.88 Å². The third-order valence-corrected chi connectivity index (χ3v) is 5.11. The van der Waals surface area contributed by atoms with Crippen LogP contribution < -0.4 is 5.56 Å². The van der Waals surface area contributed by atoms with E-state index >= 15 is 0 Å². The van der Waals surface area contributed by atoms with E-state index in [1.807, 2.05) is 19.9 Å². The molecule has 1 fully saturated rings. The molecule has 2 atom stereocenters. The van der Waals surface area contributed by atoms with Crippen LogP contribution in [0.3, 0.4) is 0 Å². The van der Waals surface area contributed by atoms with Crippen LogP contribution in [0.2, 0.25) is 0 Å². The molecule has 7 heteroatoms. The van der Waals surface area contributed by atoms with Gasteiger partial charge in [-0.1, -0.05) is 43.1 Å². The second-order valence-electron chi connectivity index (χ2n) is 6.66. The number of allylic oxidation sites excluding steroid dienone is 2. The van der Waals surface area contributed by atoms with Gasteiger partial charge in [-0.3, -0.25) is 14.2 Å². The first-order valence-electron chi connectivity index (χ1n) is 7.63. The normalized spacial score (nSPS) is 20.5. The average Bonchev–Trinajstić information content (AvgIpc) is 3.03. The van der Waals surface area contributed by atoms with Crippen LogP contribution in [0.5, 0.6) is 5.88 Å². The monoisotopic (exact) mass is 380 g/mol. The predicted octanol–water partition coefficient (Wildman–Crippen LogP) is 3.69. The second kappa shape index (κ2) is 6.70. The van der Waals surface area contributed by atoms with Crippen molar-refractivity contribution in [3.8, 4) is 11.9 Å². The highest BCUT2D eigenvalue weighted by molar-refractivity contribution is 6.55. The van der Waals surface area contributed by atoms with Crippen molar-refractivity contribution in [3.63, 3.8) is 0 Å². The molecule has 1 aromatic rings. The Morgan fingerprint density at radius 3 is 2.56 bits per heavy atom. The van der Waals surface area contributed by atoms with E-state index in [2.05, 4.69) is 6.58 Å². The minimum Gasteiger partial charge on any atom is -0.494 e. The number of nitriles is 1. The van der Waals surface area contributed by atoms with Crippen molar-refractivity contribution in [2.75, 3.05) is 0 Å². The van der Waals surface area contributed by atoms with E-state index in [1.54, 1.807) is 6.08 Å².